The van der Waals surface area contributed by atoms with Gasteiger partial charge in [-0.3, -0.25) is 0 Å². The van der Waals surface area contributed by atoms with E-state index in [4.69, 9.17) is 10.00 Å². The predicted octanol–water partition coefficient (Wildman–Crippen LogP) is 2.08. The van der Waals surface area contributed by atoms with Crippen LogP contribution in [0, 0.1) is 16.7 Å². The first-order chi connectivity index (χ1) is 7.12. The van der Waals surface area contributed by atoms with Crippen LogP contribution >= 0.6 is 0 Å². The highest BCUT2D eigenvalue weighted by Crippen LogP contribution is 2.42. The van der Waals surface area contributed by atoms with Crippen LogP contribution in [0.2, 0.25) is 0 Å². The third-order valence-electron chi connectivity index (χ3n) is 3.57. The highest BCUT2D eigenvalue weighted by molar-refractivity contribution is 5.02. The number of methoxy groups -OCH3 is 1. The maximum atomic E-state index is 8.39. The molecule has 2 unspecified atom stereocenters. The topological polar surface area (TPSA) is 45.0 Å². The van der Waals surface area contributed by atoms with Crippen LogP contribution in [0.15, 0.2) is 0 Å². The van der Waals surface area contributed by atoms with Crippen molar-refractivity contribution in [3.63, 3.8) is 0 Å². The van der Waals surface area contributed by atoms with E-state index < -0.39 is 0 Å². The summed E-state index contributed by atoms with van der Waals surface area (Å²) in [7, 11) is 1.79. The van der Waals surface area contributed by atoms with Crippen molar-refractivity contribution < 1.29 is 4.74 Å². The minimum absolute atomic E-state index is 0.254. The lowest BCUT2D eigenvalue weighted by atomic mass is 9.64. The van der Waals surface area contributed by atoms with Crippen LogP contribution in [0.4, 0.5) is 0 Å². The molecule has 0 aliphatic heterocycles. The summed E-state index contributed by atoms with van der Waals surface area (Å²) in [5.41, 5.74) is 0.254. The lowest BCUT2D eigenvalue weighted by molar-refractivity contribution is -0.0972. The van der Waals surface area contributed by atoms with Gasteiger partial charge < -0.3 is 10.1 Å². The largest absolute Gasteiger partial charge is 0.381 e. The maximum Gasteiger partial charge on any atom is 0.0652 e. The Morgan fingerprint density at radius 3 is 2.73 bits per heavy atom. The molecule has 3 heteroatoms. The molecule has 0 radical (unpaired) electrons. The molecular formula is C12H22N2O. The molecule has 0 heterocycles. The number of ether oxygens (including phenoxy) is 1. The average Bonchev–Trinajstić information content (AvgIpc) is 2.21. The zero-order valence-corrected chi connectivity index (χ0v) is 10.0. The highest BCUT2D eigenvalue weighted by atomic mass is 16.5. The van der Waals surface area contributed by atoms with Crippen molar-refractivity contribution in [3.05, 3.63) is 0 Å². The molecule has 1 N–H and O–H groups in total. The Morgan fingerprint density at radius 1 is 1.47 bits per heavy atom. The van der Waals surface area contributed by atoms with Crippen LogP contribution in [0.1, 0.15) is 39.5 Å². The van der Waals surface area contributed by atoms with Gasteiger partial charge in [0.1, 0.15) is 0 Å². The second kappa shape index (κ2) is 5.48. The van der Waals surface area contributed by atoms with Gasteiger partial charge in [-0.2, -0.15) is 5.26 Å². The molecule has 0 amide bonds. The minimum Gasteiger partial charge on any atom is -0.381 e. The van der Waals surface area contributed by atoms with E-state index in [0.29, 0.717) is 18.6 Å². The first kappa shape index (κ1) is 12.5. The molecule has 1 aliphatic carbocycles. The lowest BCUT2D eigenvalue weighted by Crippen LogP contribution is -2.60. The van der Waals surface area contributed by atoms with E-state index in [2.05, 4.69) is 25.2 Å². The SMILES string of the molecule is COC1CC(NCCCCC#N)C1(C)C. The molecule has 0 saturated heterocycles. The summed E-state index contributed by atoms with van der Waals surface area (Å²) < 4.78 is 5.39. The van der Waals surface area contributed by atoms with Crippen molar-refractivity contribution in [2.75, 3.05) is 13.7 Å². The molecule has 0 spiro atoms. The second-order valence-corrected chi connectivity index (χ2v) is 4.90. The van der Waals surface area contributed by atoms with E-state index in [9.17, 15) is 0 Å². The van der Waals surface area contributed by atoms with Gasteiger partial charge in [-0.15, -0.1) is 0 Å². The first-order valence-electron chi connectivity index (χ1n) is 5.76. The average molecular weight is 210 g/mol. The summed E-state index contributed by atoms with van der Waals surface area (Å²) in [4.78, 5) is 0. The Labute approximate surface area is 92.8 Å². The minimum atomic E-state index is 0.254. The monoisotopic (exact) mass is 210 g/mol. The Bertz CT molecular complexity index is 232. The van der Waals surface area contributed by atoms with Gasteiger partial charge in [0.25, 0.3) is 0 Å². The van der Waals surface area contributed by atoms with Crippen LogP contribution in [-0.2, 0) is 4.74 Å². The zero-order chi connectivity index (χ0) is 11.3. The number of hydrogen-bond acceptors (Lipinski definition) is 3. The smallest absolute Gasteiger partial charge is 0.0652 e. The van der Waals surface area contributed by atoms with Crippen molar-refractivity contribution in [3.8, 4) is 6.07 Å². The number of rotatable bonds is 6. The number of nitriles is 1. The summed E-state index contributed by atoms with van der Waals surface area (Å²) in [5, 5.41) is 11.9. The molecule has 2 atom stereocenters. The molecule has 0 bridgehead atoms. The second-order valence-electron chi connectivity index (χ2n) is 4.90. The van der Waals surface area contributed by atoms with E-state index in [0.717, 1.165) is 25.8 Å². The number of unbranched alkanes of at least 4 members (excludes halogenated alkanes) is 2. The van der Waals surface area contributed by atoms with Crippen LogP contribution in [0.5, 0.6) is 0 Å². The molecular weight excluding hydrogens is 188 g/mol. The summed E-state index contributed by atoms with van der Waals surface area (Å²) in [6.45, 7) is 5.52. The van der Waals surface area contributed by atoms with Crippen molar-refractivity contribution in [2.45, 2.75) is 51.7 Å². The van der Waals surface area contributed by atoms with E-state index >= 15 is 0 Å². The third-order valence-corrected chi connectivity index (χ3v) is 3.57. The zero-order valence-electron chi connectivity index (χ0n) is 10.0. The highest BCUT2D eigenvalue weighted by Gasteiger charge is 2.47. The van der Waals surface area contributed by atoms with Gasteiger partial charge in [0, 0.05) is 25.0 Å². The molecule has 1 saturated carbocycles. The number of nitrogens with one attached hydrogen (secondary N) is 1. The fourth-order valence-electron chi connectivity index (χ4n) is 2.24. The lowest BCUT2D eigenvalue weighted by Gasteiger charge is -2.51. The van der Waals surface area contributed by atoms with E-state index in [1.165, 1.54) is 0 Å². The molecule has 1 aliphatic rings. The first-order valence-corrected chi connectivity index (χ1v) is 5.76. The Morgan fingerprint density at radius 2 is 2.20 bits per heavy atom. The van der Waals surface area contributed by atoms with Crippen LogP contribution < -0.4 is 5.32 Å². The molecule has 3 nitrogen and oxygen atoms in total. The van der Waals surface area contributed by atoms with E-state index in [1.54, 1.807) is 7.11 Å². The van der Waals surface area contributed by atoms with Crippen LogP contribution in [0.25, 0.3) is 0 Å². The molecule has 0 aromatic carbocycles. The summed E-state index contributed by atoms with van der Waals surface area (Å²) in [5.74, 6) is 0. The molecule has 15 heavy (non-hydrogen) atoms. The molecule has 86 valence electrons. The fourth-order valence-corrected chi connectivity index (χ4v) is 2.24. The Hall–Kier alpha value is -0.590. The van der Waals surface area contributed by atoms with E-state index in [1.807, 2.05) is 0 Å². The summed E-state index contributed by atoms with van der Waals surface area (Å²) >= 11 is 0. The van der Waals surface area contributed by atoms with Gasteiger partial charge in [-0.25, -0.2) is 0 Å². The molecule has 0 aromatic heterocycles. The van der Waals surface area contributed by atoms with Gasteiger partial charge in [-0.05, 0) is 25.8 Å². The van der Waals surface area contributed by atoms with E-state index in [-0.39, 0.29) is 5.41 Å². The van der Waals surface area contributed by atoms with Crippen LogP contribution in [0.3, 0.4) is 0 Å². The van der Waals surface area contributed by atoms with Gasteiger partial charge >= 0.3 is 0 Å². The quantitative estimate of drug-likeness (QED) is 0.683. The maximum absolute atomic E-state index is 8.39. The van der Waals surface area contributed by atoms with Crippen molar-refractivity contribution in [1.82, 2.24) is 5.32 Å². The third kappa shape index (κ3) is 2.93. The van der Waals surface area contributed by atoms with Gasteiger partial charge in [0.05, 0.1) is 12.2 Å². The standard InChI is InChI=1S/C12H22N2O/c1-12(2)10(9-11(12)15-3)14-8-6-4-5-7-13/h10-11,14H,4-6,8-9H2,1-3H3. The van der Waals surface area contributed by atoms with Gasteiger partial charge in [-0.1, -0.05) is 13.8 Å². The van der Waals surface area contributed by atoms with Crippen molar-refractivity contribution >= 4 is 0 Å². The summed E-state index contributed by atoms with van der Waals surface area (Å²) in [6, 6.07) is 2.74. The molecule has 1 fully saturated rings. The Balaban J connectivity index is 2.12. The van der Waals surface area contributed by atoms with Crippen molar-refractivity contribution in [1.29, 1.82) is 5.26 Å². The predicted molar refractivity (Wildman–Crippen MR) is 60.4 cm³/mol. The normalized spacial score (nSPS) is 28.1. The van der Waals surface area contributed by atoms with Crippen molar-refractivity contribution in [2.24, 2.45) is 5.41 Å². The van der Waals surface area contributed by atoms with Crippen LogP contribution in [-0.4, -0.2) is 25.8 Å². The van der Waals surface area contributed by atoms with Gasteiger partial charge in [0.2, 0.25) is 0 Å². The Kier molecular flexibility index (Phi) is 4.56. The number of hydrogen-bond donors (Lipinski definition) is 1. The molecule has 0 aromatic rings. The summed E-state index contributed by atoms with van der Waals surface area (Å²) in [6.07, 6.45) is 4.29. The molecule has 1 rings (SSSR count). The number of nitrogens with zero attached hydrogens (tertiary/aromatic N) is 1. The van der Waals surface area contributed by atoms with Gasteiger partial charge in [0.15, 0.2) is 0 Å². The fraction of sp³-hybridized carbons (Fsp3) is 0.917.